The van der Waals surface area contributed by atoms with Crippen molar-refractivity contribution in [1.82, 2.24) is 52.1 Å². The second kappa shape index (κ2) is 34.0. The maximum Gasteiger partial charge on any atom is 0.326 e. The number of amides is 8. The van der Waals surface area contributed by atoms with Gasteiger partial charge in [0.15, 0.2) is 5.96 Å². The number of aromatic hydroxyl groups is 1. The van der Waals surface area contributed by atoms with Gasteiger partial charge in [0.2, 0.25) is 47.3 Å². The number of carbonyl (C=O) groups is 10. The molecule has 0 bridgehead atoms. The fraction of sp³-hybridized carbons (Fsp3) is 0.536. The van der Waals surface area contributed by atoms with Crippen LogP contribution in [0.2, 0.25) is 0 Å². The van der Waals surface area contributed by atoms with Gasteiger partial charge in [-0.2, -0.15) is 0 Å². The number of nitrogens with zero attached hydrogens (tertiary/aromatic N) is 3. The molecule has 1 aromatic heterocycles. The van der Waals surface area contributed by atoms with Crippen LogP contribution in [0.15, 0.2) is 72.1 Å². The van der Waals surface area contributed by atoms with Gasteiger partial charge < -0.3 is 79.6 Å². The van der Waals surface area contributed by atoms with Crippen molar-refractivity contribution in [2.24, 2.45) is 34.0 Å². The SMILES string of the molecule is CC[C@H](C)[C@H](NC(=O)[C@H](Cc1ccc(O)cc1)NC(=O)[C@@H](NC(=O)[C@H](CCCN=C(N)N)NC(=O)[C@H](CC(=O)O)NC(=O)CCCCCN)C(C)C)C(=O)N[C@@H](Cc1cnc[nH]1)C(=O)N1CCC[C@H]1C(=O)N[C@@H](Cc1ccccc1)C(=O)O. The highest BCUT2D eigenvalue weighted by molar-refractivity contribution is 5.99. The lowest BCUT2D eigenvalue weighted by molar-refractivity contribution is -0.145. The van der Waals surface area contributed by atoms with Crippen molar-refractivity contribution in [2.75, 3.05) is 19.6 Å². The molecule has 0 aliphatic carbocycles. The average molecular weight is 1160 g/mol. The molecule has 0 radical (unpaired) electrons. The maximum atomic E-state index is 14.7. The first-order valence-electron chi connectivity index (χ1n) is 27.9. The number of nitrogens with one attached hydrogen (secondary N) is 8. The zero-order chi connectivity index (χ0) is 61.2. The Bertz CT molecular complexity index is 2670. The highest BCUT2D eigenvalue weighted by Gasteiger charge is 2.41. The van der Waals surface area contributed by atoms with E-state index in [1.807, 2.05) is 0 Å². The van der Waals surface area contributed by atoms with E-state index in [2.05, 4.69) is 52.2 Å². The highest BCUT2D eigenvalue weighted by Crippen LogP contribution is 2.22. The lowest BCUT2D eigenvalue weighted by atomic mass is 9.96. The molecule has 3 aromatic rings. The van der Waals surface area contributed by atoms with Crippen LogP contribution in [0.25, 0.3) is 0 Å². The van der Waals surface area contributed by atoms with Gasteiger partial charge in [-0.15, -0.1) is 0 Å². The number of aliphatic carboxylic acids is 2. The standard InChI is InChI=1S/C56H82N14O13/c1-5-33(4)47(53(80)66-41(28-36-30-60-31-62-36)54(81)70-25-13-17-43(70)51(78)67-42(55(82)83)27-34-14-8-6-9-15-34)69-50(77)39(26-35-19-21-37(71)22-20-35)65-52(79)46(32(2)3)68-48(75)38(16-12-24-61-56(58)59)64-49(76)40(29-45(73)74)63-44(72)18-10-7-11-23-57/h6,8-9,14-15,19-22,30-33,38-43,46-47,71H,5,7,10-13,16-18,23-29,57H2,1-4H3,(H,60,62)(H,63,72)(H,64,76)(H,65,79)(H,66,80)(H,67,78)(H,68,75)(H,69,77)(H,73,74)(H,82,83)(H4,58,59,61)/t33-,38-,39-,40-,41-,42-,43-,46-,47-/m0/s1. The topological polar surface area (TPSA) is 438 Å². The number of aromatic nitrogens is 2. The maximum absolute atomic E-state index is 14.7. The molecule has 9 atom stereocenters. The van der Waals surface area contributed by atoms with Gasteiger partial charge in [0.1, 0.15) is 54.1 Å². The Morgan fingerprint density at radius 2 is 1.31 bits per heavy atom. The van der Waals surface area contributed by atoms with E-state index in [-0.39, 0.29) is 69.7 Å². The Kier molecular flexibility index (Phi) is 27.4. The number of rotatable bonds is 35. The van der Waals surface area contributed by atoms with Crippen molar-refractivity contribution < 1.29 is 63.3 Å². The minimum absolute atomic E-state index is 0.0105. The van der Waals surface area contributed by atoms with E-state index in [1.54, 1.807) is 58.0 Å². The number of aromatic amines is 1. The average Bonchev–Trinajstić information content (AvgIpc) is 4.23. The third-order valence-electron chi connectivity index (χ3n) is 14.1. The van der Waals surface area contributed by atoms with Crippen LogP contribution in [0.5, 0.6) is 5.75 Å². The number of benzene rings is 2. The second-order valence-electron chi connectivity index (χ2n) is 21.0. The summed E-state index contributed by atoms with van der Waals surface area (Å²) in [6, 6.07) is 3.59. The first kappa shape index (κ1) is 66.9. The van der Waals surface area contributed by atoms with Crippen LogP contribution < -0.4 is 54.4 Å². The second-order valence-corrected chi connectivity index (χ2v) is 21.0. The predicted octanol–water partition coefficient (Wildman–Crippen LogP) is -0.638. The van der Waals surface area contributed by atoms with Crippen LogP contribution in [0, 0.1) is 11.8 Å². The fourth-order valence-electron chi connectivity index (χ4n) is 9.28. The molecule has 0 spiro atoms. The number of H-pyrrole nitrogens is 1. The number of phenolic OH excluding ortho intramolecular Hbond substituents is 1. The number of nitrogens with two attached hydrogens (primary N) is 3. The van der Waals surface area contributed by atoms with Crippen LogP contribution in [0.3, 0.4) is 0 Å². The molecule has 1 saturated heterocycles. The van der Waals surface area contributed by atoms with Gasteiger partial charge in [-0.1, -0.05) is 83.0 Å². The van der Waals surface area contributed by atoms with Crippen LogP contribution in [-0.2, 0) is 67.2 Å². The first-order chi connectivity index (χ1) is 39.5. The van der Waals surface area contributed by atoms with E-state index in [0.717, 1.165) is 0 Å². The van der Waals surface area contributed by atoms with Gasteiger partial charge in [-0.3, -0.25) is 48.1 Å². The Labute approximate surface area is 481 Å². The van der Waals surface area contributed by atoms with E-state index >= 15 is 0 Å². The van der Waals surface area contributed by atoms with Gasteiger partial charge in [0.25, 0.3) is 0 Å². The number of carbonyl (C=O) groups excluding carboxylic acids is 8. The zero-order valence-corrected chi connectivity index (χ0v) is 47.4. The number of imidazole rings is 1. The summed E-state index contributed by atoms with van der Waals surface area (Å²) in [5.74, 6) is -10.6. The minimum atomic E-state index is -1.59. The monoisotopic (exact) mass is 1160 g/mol. The third-order valence-corrected chi connectivity index (χ3v) is 14.1. The quantitative estimate of drug-likeness (QED) is 0.0198. The van der Waals surface area contributed by atoms with E-state index in [0.29, 0.717) is 55.5 Å². The summed E-state index contributed by atoms with van der Waals surface area (Å²) < 4.78 is 0. The summed E-state index contributed by atoms with van der Waals surface area (Å²) in [6.45, 7) is 7.23. The Morgan fingerprint density at radius 3 is 1.93 bits per heavy atom. The molecule has 83 heavy (non-hydrogen) atoms. The van der Waals surface area contributed by atoms with Crippen molar-refractivity contribution in [3.63, 3.8) is 0 Å². The smallest absolute Gasteiger partial charge is 0.326 e. The first-order valence-corrected chi connectivity index (χ1v) is 27.9. The molecule has 2 aromatic carbocycles. The molecule has 0 unspecified atom stereocenters. The number of phenols is 1. The van der Waals surface area contributed by atoms with E-state index < -0.39 is 126 Å². The van der Waals surface area contributed by atoms with Crippen molar-refractivity contribution in [2.45, 2.75) is 160 Å². The van der Waals surface area contributed by atoms with Gasteiger partial charge >= 0.3 is 11.9 Å². The summed E-state index contributed by atoms with van der Waals surface area (Å²) in [7, 11) is 0. The molecule has 2 heterocycles. The zero-order valence-electron chi connectivity index (χ0n) is 47.4. The van der Waals surface area contributed by atoms with Crippen LogP contribution >= 0.6 is 0 Å². The number of carboxylic acid groups (broad SMARTS) is 2. The van der Waals surface area contributed by atoms with Gasteiger partial charge in [-0.05, 0) is 80.2 Å². The Hall–Kier alpha value is -8.62. The molecule has 1 aliphatic rings. The number of aliphatic imine (C=N–C) groups is 1. The van der Waals surface area contributed by atoms with Crippen molar-refractivity contribution in [1.29, 1.82) is 0 Å². The molecule has 0 saturated carbocycles. The summed E-state index contributed by atoms with van der Waals surface area (Å²) in [4.78, 5) is 149. The fourth-order valence-corrected chi connectivity index (χ4v) is 9.28. The van der Waals surface area contributed by atoms with E-state index in [4.69, 9.17) is 17.2 Å². The van der Waals surface area contributed by atoms with Crippen LogP contribution in [-0.4, -0.2) is 163 Å². The number of unbranched alkanes of at least 4 members (excludes halogenated alkanes) is 2. The minimum Gasteiger partial charge on any atom is -0.508 e. The number of hydrogen-bond acceptors (Lipinski definition) is 14. The largest absolute Gasteiger partial charge is 0.508 e. The predicted molar refractivity (Wildman–Crippen MR) is 304 cm³/mol. The highest BCUT2D eigenvalue weighted by atomic mass is 16.4. The summed E-state index contributed by atoms with van der Waals surface area (Å²) >= 11 is 0. The molecule has 1 aliphatic heterocycles. The van der Waals surface area contributed by atoms with Gasteiger partial charge in [-0.25, -0.2) is 9.78 Å². The van der Waals surface area contributed by atoms with Crippen LogP contribution in [0.1, 0.15) is 109 Å². The number of carboxylic acids is 2. The molecule has 27 heteroatoms. The lowest BCUT2D eigenvalue weighted by Crippen LogP contribution is -2.62. The lowest BCUT2D eigenvalue weighted by Gasteiger charge is -2.32. The number of hydrogen-bond donors (Lipinski definition) is 14. The normalized spacial score (nSPS) is 15.8. The molecule has 4 rings (SSSR count). The summed E-state index contributed by atoms with van der Waals surface area (Å²) in [5, 5.41) is 48.2. The van der Waals surface area contributed by atoms with Crippen molar-refractivity contribution in [3.05, 3.63) is 83.9 Å². The van der Waals surface area contributed by atoms with Gasteiger partial charge in [0, 0.05) is 50.7 Å². The van der Waals surface area contributed by atoms with E-state index in [9.17, 15) is 63.3 Å². The van der Waals surface area contributed by atoms with Crippen molar-refractivity contribution in [3.8, 4) is 5.75 Å². The van der Waals surface area contributed by atoms with Gasteiger partial charge in [0.05, 0.1) is 12.7 Å². The number of guanidine groups is 1. The third kappa shape index (κ3) is 22.3. The number of likely N-dealkylation sites (tertiary alicyclic amines) is 1. The molecular formula is C56H82N14O13. The molecular weight excluding hydrogens is 1080 g/mol. The molecule has 1 fully saturated rings. The van der Waals surface area contributed by atoms with Crippen molar-refractivity contribution >= 4 is 65.2 Å². The van der Waals surface area contributed by atoms with Crippen LogP contribution in [0.4, 0.5) is 0 Å². The Balaban J connectivity index is 1.60. The summed E-state index contributed by atoms with van der Waals surface area (Å²) in [6.07, 6.45) is 4.32. The van der Waals surface area contributed by atoms with E-state index in [1.165, 1.54) is 41.7 Å². The molecule has 27 nitrogen and oxygen atoms in total. The molecule has 8 amide bonds. The Morgan fingerprint density at radius 1 is 0.699 bits per heavy atom. The molecule has 454 valence electrons. The molecule has 17 N–H and O–H groups in total. The summed E-state index contributed by atoms with van der Waals surface area (Å²) in [5.41, 5.74) is 18.1.